The predicted octanol–water partition coefficient (Wildman–Crippen LogP) is 5.20. The summed E-state index contributed by atoms with van der Waals surface area (Å²) in [5.41, 5.74) is 3.81. The van der Waals surface area contributed by atoms with Crippen LogP contribution in [0.4, 0.5) is 10.1 Å². The zero-order valence-corrected chi connectivity index (χ0v) is 18.7. The molecule has 2 unspecified atom stereocenters. The maximum Gasteiger partial charge on any atom is 0.205 e. The molecular formula is C22H20ClFN4O2S. The summed E-state index contributed by atoms with van der Waals surface area (Å²) in [6, 6.07) is 8.84. The molecule has 1 aromatic heterocycles. The zero-order chi connectivity index (χ0) is 21.7. The minimum absolute atomic E-state index is 0.0859. The first-order valence-electron chi connectivity index (χ1n) is 9.75. The molecule has 3 heterocycles. The lowest BCUT2D eigenvalue weighted by molar-refractivity contribution is 0.240. The largest absolute Gasteiger partial charge is 0.497 e. The van der Waals surface area contributed by atoms with Gasteiger partial charge < -0.3 is 19.7 Å². The molecule has 160 valence electrons. The minimum Gasteiger partial charge on any atom is -0.497 e. The lowest BCUT2D eigenvalue weighted by Gasteiger charge is -2.24. The van der Waals surface area contributed by atoms with E-state index in [1.165, 1.54) is 6.07 Å². The van der Waals surface area contributed by atoms with Crippen LogP contribution in [-0.4, -0.2) is 35.3 Å². The van der Waals surface area contributed by atoms with Gasteiger partial charge in [-0.1, -0.05) is 17.7 Å². The zero-order valence-electron chi connectivity index (χ0n) is 17.1. The van der Waals surface area contributed by atoms with Crippen LogP contribution in [0.2, 0.25) is 5.02 Å². The fourth-order valence-electron chi connectivity index (χ4n) is 3.57. The number of anilines is 1. The number of epoxide rings is 1. The topological polar surface area (TPSA) is 62.3 Å². The molecule has 1 fully saturated rings. The average Bonchev–Trinajstić information content (AvgIpc) is 3.41. The summed E-state index contributed by atoms with van der Waals surface area (Å²) >= 11 is 7.64. The van der Waals surface area contributed by atoms with Crippen LogP contribution in [0.15, 0.2) is 47.3 Å². The highest BCUT2D eigenvalue weighted by molar-refractivity contribution is 7.18. The second-order valence-corrected chi connectivity index (χ2v) is 9.15. The molecule has 0 spiro atoms. The summed E-state index contributed by atoms with van der Waals surface area (Å²) < 4.78 is 25.9. The Morgan fingerprint density at radius 3 is 2.90 bits per heavy atom. The number of hydrogen-bond donors (Lipinski definition) is 1. The van der Waals surface area contributed by atoms with Gasteiger partial charge in [0.2, 0.25) is 5.96 Å². The van der Waals surface area contributed by atoms with E-state index in [1.807, 2.05) is 24.9 Å². The number of nitrogens with zero attached hydrogens (tertiary/aromatic N) is 3. The Hall–Kier alpha value is -2.68. The molecule has 2 atom stereocenters. The molecule has 0 aliphatic carbocycles. The normalized spacial score (nSPS) is 20.1. The standard InChI is InChI=1S/C22H20ClFN4O2S/c1-11-6-17-19(31-12(2)25-17)8-16(11)26-22-27-21-20(30-21)18(29-3)10-28(22)9-13-4-5-15(24)14(23)7-13/h4-8,10,20-21H,9H2,1-3H3,(H,26,27). The summed E-state index contributed by atoms with van der Waals surface area (Å²) in [6.07, 6.45) is 1.37. The number of aliphatic imine (C=N–C) groups is 1. The van der Waals surface area contributed by atoms with Gasteiger partial charge in [-0.15, -0.1) is 11.3 Å². The molecule has 2 aromatic carbocycles. The molecule has 1 saturated heterocycles. The Kier molecular flexibility index (Phi) is 5.08. The van der Waals surface area contributed by atoms with Crippen LogP contribution >= 0.6 is 22.9 Å². The van der Waals surface area contributed by atoms with Crippen LogP contribution in [0.25, 0.3) is 10.2 Å². The highest BCUT2D eigenvalue weighted by Crippen LogP contribution is 2.35. The number of guanidine groups is 1. The first kappa shape index (κ1) is 20.2. The van der Waals surface area contributed by atoms with Crippen molar-refractivity contribution in [1.82, 2.24) is 9.88 Å². The Morgan fingerprint density at radius 1 is 1.29 bits per heavy atom. The summed E-state index contributed by atoms with van der Waals surface area (Å²) in [7, 11) is 1.61. The lowest BCUT2D eigenvalue weighted by atomic mass is 10.2. The molecule has 2 aliphatic heterocycles. The van der Waals surface area contributed by atoms with E-state index < -0.39 is 5.82 Å². The van der Waals surface area contributed by atoms with Crippen molar-refractivity contribution < 1.29 is 13.9 Å². The molecule has 0 radical (unpaired) electrons. The monoisotopic (exact) mass is 458 g/mol. The van der Waals surface area contributed by atoms with E-state index in [2.05, 4.69) is 22.4 Å². The van der Waals surface area contributed by atoms with Gasteiger partial charge in [-0.05, 0) is 49.2 Å². The van der Waals surface area contributed by atoms with Gasteiger partial charge in [0.05, 0.1) is 33.9 Å². The summed E-state index contributed by atoms with van der Waals surface area (Å²) in [5.74, 6) is 0.854. The van der Waals surface area contributed by atoms with Crippen LogP contribution in [0.3, 0.4) is 0 Å². The fraction of sp³-hybridized carbons (Fsp3) is 0.273. The number of rotatable bonds is 4. The summed E-state index contributed by atoms with van der Waals surface area (Å²) in [5, 5.41) is 4.57. The van der Waals surface area contributed by atoms with Crippen molar-refractivity contribution in [2.45, 2.75) is 32.7 Å². The Balaban J connectivity index is 1.50. The van der Waals surface area contributed by atoms with Gasteiger partial charge in [0.15, 0.2) is 12.3 Å². The first-order chi connectivity index (χ1) is 14.9. The maximum atomic E-state index is 13.6. The molecule has 5 rings (SSSR count). The molecule has 6 nitrogen and oxygen atoms in total. The third kappa shape index (κ3) is 3.98. The van der Waals surface area contributed by atoms with Crippen LogP contribution in [0.5, 0.6) is 0 Å². The van der Waals surface area contributed by atoms with E-state index in [0.717, 1.165) is 32.0 Å². The molecule has 9 heteroatoms. The van der Waals surface area contributed by atoms with Crippen molar-refractivity contribution in [1.29, 1.82) is 0 Å². The molecule has 2 aliphatic rings. The number of methoxy groups -OCH3 is 1. The van der Waals surface area contributed by atoms with Crippen molar-refractivity contribution in [3.8, 4) is 0 Å². The van der Waals surface area contributed by atoms with E-state index in [4.69, 9.17) is 26.1 Å². The molecule has 0 saturated carbocycles. The number of fused-ring (bicyclic) bond motifs is 2. The Morgan fingerprint density at radius 2 is 2.13 bits per heavy atom. The molecule has 0 bridgehead atoms. The van der Waals surface area contributed by atoms with Gasteiger partial charge in [-0.25, -0.2) is 14.4 Å². The van der Waals surface area contributed by atoms with E-state index in [1.54, 1.807) is 30.6 Å². The van der Waals surface area contributed by atoms with Gasteiger partial charge in [0, 0.05) is 11.9 Å². The molecule has 1 N–H and O–H groups in total. The van der Waals surface area contributed by atoms with Crippen LogP contribution in [-0.2, 0) is 16.0 Å². The van der Waals surface area contributed by atoms with Gasteiger partial charge in [-0.3, -0.25) is 0 Å². The average molecular weight is 459 g/mol. The number of aryl methyl sites for hydroxylation is 2. The third-order valence-corrected chi connectivity index (χ3v) is 6.44. The SMILES string of the molecule is COC1=CN(Cc2ccc(F)c(Cl)c2)C(Nc2cc3sc(C)nc3cc2C)=NC2OC12. The van der Waals surface area contributed by atoms with Crippen LogP contribution in [0, 0.1) is 19.7 Å². The summed E-state index contributed by atoms with van der Waals surface area (Å²) in [6.45, 7) is 4.46. The van der Waals surface area contributed by atoms with Crippen LogP contribution in [0.1, 0.15) is 16.1 Å². The predicted molar refractivity (Wildman–Crippen MR) is 121 cm³/mol. The smallest absolute Gasteiger partial charge is 0.205 e. The molecule has 31 heavy (non-hydrogen) atoms. The Labute approximate surface area is 188 Å². The third-order valence-electron chi connectivity index (χ3n) is 5.21. The van der Waals surface area contributed by atoms with Crippen molar-refractivity contribution >= 4 is 44.8 Å². The quantitative estimate of drug-likeness (QED) is 0.544. The summed E-state index contributed by atoms with van der Waals surface area (Å²) in [4.78, 5) is 11.2. The second kappa shape index (κ2) is 7.78. The maximum absolute atomic E-state index is 13.6. The number of nitrogens with one attached hydrogen (secondary N) is 1. The number of benzene rings is 2. The van der Waals surface area contributed by atoms with E-state index in [9.17, 15) is 4.39 Å². The highest BCUT2D eigenvalue weighted by atomic mass is 35.5. The molecular weight excluding hydrogens is 439 g/mol. The molecule has 0 amide bonds. The van der Waals surface area contributed by atoms with Gasteiger partial charge in [0.25, 0.3) is 0 Å². The second-order valence-electron chi connectivity index (χ2n) is 7.50. The van der Waals surface area contributed by atoms with Crippen molar-refractivity contribution in [2.75, 3.05) is 12.4 Å². The minimum atomic E-state index is -0.445. The van der Waals surface area contributed by atoms with E-state index in [0.29, 0.717) is 18.3 Å². The number of thiazole rings is 1. The first-order valence-corrected chi connectivity index (χ1v) is 10.9. The van der Waals surface area contributed by atoms with Crippen LogP contribution < -0.4 is 5.32 Å². The Bertz CT molecular complexity index is 1240. The van der Waals surface area contributed by atoms with Crippen molar-refractivity contribution in [3.05, 3.63) is 69.3 Å². The fourth-order valence-corrected chi connectivity index (χ4v) is 4.62. The van der Waals surface area contributed by atoms with Gasteiger partial charge >= 0.3 is 0 Å². The van der Waals surface area contributed by atoms with Gasteiger partial charge in [-0.2, -0.15) is 0 Å². The van der Waals surface area contributed by atoms with E-state index >= 15 is 0 Å². The van der Waals surface area contributed by atoms with Crippen molar-refractivity contribution in [2.24, 2.45) is 4.99 Å². The van der Waals surface area contributed by atoms with E-state index in [-0.39, 0.29) is 17.4 Å². The van der Waals surface area contributed by atoms with Gasteiger partial charge in [0.1, 0.15) is 11.6 Å². The number of aromatic nitrogens is 1. The highest BCUT2D eigenvalue weighted by Gasteiger charge is 2.46. The van der Waals surface area contributed by atoms with Crippen molar-refractivity contribution in [3.63, 3.8) is 0 Å². The number of halogens is 2. The number of ether oxygens (including phenoxy) is 2. The molecule has 3 aromatic rings. The lowest BCUT2D eigenvalue weighted by Crippen LogP contribution is -2.32. The number of hydrogen-bond acceptors (Lipinski definition) is 7.